The van der Waals surface area contributed by atoms with Gasteiger partial charge in [0, 0.05) is 7.05 Å². The molecule has 0 aliphatic carbocycles. The van der Waals surface area contributed by atoms with Gasteiger partial charge in [-0.3, -0.25) is 23.1 Å². The Morgan fingerprint density at radius 1 is 0.833 bits per heavy atom. The molecule has 0 N–H and O–H groups in total. The van der Waals surface area contributed by atoms with Crippen LogP contribution in [0.5, 0.6) is 0 Å². The van der Waals surface area contributed by atoms with Gasteiger partial charge in [0.2, 0.25) is 5.78 Å². The van der Waals surface area contributed by atoms with Gasteiger partial charge in [-0.25, -0.2) is 4.98 Å². The molecule has 0 amide bonds. The molecule has 9 heteroatoms. The monoisotopic (exact) mass is 494 g/mol. The van der Waals surface area contributed by atoms with Crippen LogP contribution in [0.1, 0.15) is 17.0 Å². The van der Waals surface area contributed by atoms with Crippen LogP contribution in [0.3, 0.4) is 0 Å². The van der Waals surface area contributed by atoms with Crippen LogP contribution < -0.4 is 11.1 Å². The number of hydrogen-bond donors (Lipinski definition) is 0. The second-order valence-electron chi connectivity index (χ2n) is 8.82. The Morgan fingerprint density at radius 3 is 2.31 bits per heavy atom. The van der Waals surface area contributed by atoms with Crippen LogP contribution in [0.2, 0.25) is 0 Å². The van der Waals surface area contributed by atoms with Crippen molar-refractivity contribution in [1.29, 1.82) is 0 Å². The Morgan fingerprint density at radius 2 is 1.53 bits per heavy atom. The van der Waals surface area contributed by atoms with E-state index in [9.17, 15) is 9.59 Å². The molecule has 0 saturated carbocycles. The number of nitrogens with zero attached hydrogens (tertiary/aromatic N) is 6. The summed E-state index contributed by atoms with van der Waals surface area (Å²) in [5, 5.41) is 10.4. The average molecular weight is 495 g/mol. The summed E-state index contributed by atoms with van der Waals surface area (Å²) in [4.78, 5) is 31.3. The molecule has 0 aliphatic heterocycles. The summed E-state index contributed by atoms with van der Waals surface area (Å²) in [6, 6.07) is 20.9. The molecule has 36 heavy (non-hydrogen) atoms. The Hall–Kier alpha value is -4.24. The molecule has 6 rings (SSSR count). The summed E-state index contributed by atoms with van der Waals surface area (Å²) in [6.07, 6.45) is 0. The van der Waals surface area contributed by atoms with Gasteiger partial charge in [0.1, 0.15) is 5.82 Å². The van der Waals surface area contributed by atoms with E-state index >= 15 is 0 Å². The summed E-state index contributed by atoms with van der Waals surface area (Å²) >= 11 is 1.41. The standard InChI is InChI=1S/C27H22N6O2S/c1-16-12-17(2)14-18(13-16)32-25(35)19-8-4-6-10-21(19)28-27(32)36-15-23-29-30-26-31(3)24(34)20-9-5-7-11-22(20)33(23)26/h4-14H,15H2,1-3H3. The number of para-hydroxylation sites is 2. The van der Waals surface area contributed by atoms with E-state index in [-0.39, 0.29) is 11.1 Å². The molecule has 0 bridgehead atoms. The molecule has 0 fully saturated rings. The van der Waals surface area contributed by atoms with Gasteiger partial charge in [-0.2, -0.15) is 0 Å². The number of rotatable bonds is 4. The van der Waals surface area contributed by atoms with E-state index in [4.69, 9.17) is 4.98 Å². The van der Waals surface area contributed by atoms with Crippen molar-refractivity contribution in [2.24, 2.45) is 7.05 Å². The van der Waals surface area contributed by atoms with Crippen molar-refractivity contribution >= 4 is 39.3 Å². The van der Waals surface area contributed by atoms with Crippen LogP contribution in [0, 0.1) is 13.8 Å². The first-order valence-electron chi connectivity index (χ1n) is 11.5. The van der Waals surface area contributed by atoms with Crippen molar-refractivity contribution < 1.29 is 0 Å². The minimum Gasteiger partial charge on any atom is -0.279 e. The van der Waals surface area contributed by atoms with Crippen molar-refractivity contribution in [2.45, 2.75) is 24.8 Å². The third kappa shape index (κ3) is 3.51. The Labute approximate surface area is 209 Å². The van der Waals surface area contributed by atoms with E-state index in [1.54, 1.807) is 23.7 Å². The number of hydrogen-bond acceptors (Lipinski definition) is 6. The highest BCUT2D eigenvalue weighted by molar-refractivity contribution is 7.98. The van der Waals surface area contributed by atoms with Crippen LogP contribution in [-0.4, -0.2) is 28.7 Å². The van der Waals surface area contributed by atoms with Gasteiger partial charge in [-0.1, -0.05) is 42.1 Å². The average Bonchev–Trinajstić information content (AvgIpc) is 3.30. The molecule has 0 aliphatic rings. The largest absolute Gasteiger partial charge is 0.279 e. The fraction of sp³-hybridized carbons (Fsp3) is 0.148. The molecular formula is C27H22N6O2S. The zero-order valence-corrected chi connectivity index (χ0v) is 20.8. The SMILES string of the molecule is Cc1cc(C)cc(-n2c(SCc3nnc4n(C)c(=O)c5ccccc5n34)nc3ccccc3c2=O)c1. The van der Waals surface area contributed by atoms with Crippen LogP contribution in [0.15, 0.2) is 81.5 Å². The maximum Gasteiger partial charge on any atom is 0.266 e. The second-order valence-corrected chi connectivity index (χ2v) is 9.76. The van der Waals surface area contributed by atoms with Gasteiger partial charge < -0.3 is 0 Å². The Balaban J connectivity index is 1.52. The lowest BCUT2D eigenvalue weighted by molar-refractivity contribution is 0.816. The van der Waals surface area contributed by atoms with Gasteiger partial charge in [-0.15, -0.1) is 10.2 Å². The van der Waals surface area contributed by atoms with Gasteiger partial charge >= 0.3 is 0 Å². The van der Waals surface area contributed by atoms with Gasteiger partial charge in [0.05, 0.1) is 33.2 Å². The number of aryl methyl sites for hydroxylation is 3. The molecule has 178 valence electrons. The first-order chi connectivity index (χ1) is 17.4. The molecule has 0 unspecified atom stereocenters. The van der Waals surface area contributed by atoms with Crippen molar-refractivity contribution in [2.75, 3.05) is 0 Å². The zero-order valence-electron chi connectivity index (χ0n) is 20.0. The Kier molecular flexibility index (Phi) is 5.22. The molecule has 3 aromatic heterocycles. The van der Waals surface area contributed by atoms with E-state index in [0.29, 0.717) is 38.8 Å². The molecule has 0 radical (unpaired) electrons. The lowest BCUT2D eigenvalue weighted by atomic mass is 10.1. The number of aromatic nitrogens is 6. The van der Waals surface area contributed by atoms with Crippen molar-refractivity contribution in [1.82, 2.24) is 28.7 Å². The summed E-state index contributed by atoms with van der Waals surface area (Å²) < 4.78 is 5.07. The topological polar surface area (TPSA) is 87.1 Å². The number of fused-ring (bicyclic) bond motifs is 4. The van der Waals surface area contributed by atoms with E-state index < -0.39 is 0 Å². The summed E-state index contributed by atoms with van der Waals surface area (Å²) in [6.45, 7) is 4.03. The molecule has 0 spiro atoms. The highest BCUT2D eigenvalue weighted by atomic mass is 32.2. The number of thioether (sulfide) groups is 1. The van der Waals surface area contributed by atoms with E-state index in [1.807, 2.05) is 66.8 Å². The van der Waals surface area contributed by atoms with Crippen LogP contribution in [-0.2, 0) is 12.8 Å². The normalized spacial score (nSPS) is 11.6. The first-order valence-corrected chi connectivity index (χ1v) is 12.5. The summed E-state index contributed by atoms with van der Waals surface area (Å²) in [5.41, 5.74) is 4.06. The van der Waals surface area contributed by atoms with Crippen LogP contribution >= 0.6 is 11.8 Å². The highest BCUT2D eigenvalue weighted by Gasteiger charge is 2.18. The zero-order chi connectivity index (χ0) is 25.0. The van der Waals surface area contributed by atoms with Gasteiger partial charge in [-0.05, 0) is 61.4 Å². The molecule has 3 heterocycles. The highest BCUT2D eigenvalue weighted by Crippen LogP contribution is 2.26. The molecule has 0 saturated heterocycles. The van der Waals surface area contributed by atoms with Crippen molar-refractivity contribution in [3.8, 4) is 5.69 Å². The maximum absolute atomic E-state index is 13.6. The smallest absolute Gasteiger partial charge is 0.266 e. The van der Waals surface area contributed by atoms with Crippen molar-refractivity contribution in [3.05, 3.63) is 104 Å². The van der Waals surface area contributed by atoms with E-state index in [1.165, 1.54) is 16.3 Å². The fourth-order valence-electron chi connectivity index (χ4n) is 4.63. The van der Waals surface area contributed by atoms with E-state index in [2.05, 4.69) is 16.3 Å². The predicted octanol–water partition coefficient (Wildman–Crippen LogP) is 4.19. The fourth-order valence-corrected chi connectivity index (χ4v) is 5.56. The van der Waals surface area contributed by atoms with E-state index in [0.717, 1.165) is 22.3 Å². The van der Waals surface area contributed by atoms with Gasteiger partial charge in [0.15, 0.2) is 5.16 Å². The van der Waals surface area contributed by atoms with Gasteiger partial charge in [0.25, 0.3) is 11.1 Å². The molecule has 3 aromatic carbocycles. The van der Waals surface area contributed by atoms with Crippen LogP contribution in [0.4, 0.5) is 0 Å². The molecular weight excluding hydrogens is 472 g/mol. The Bertz CT molecular complexity index is 1920. The first kappa shape index (κ1) is 22.2. The summed E-state index contributed by atoms with van der Waals surface area (Å²) in [5.74, 6) is 1.53. The number of benzene rings is 3. The third-order valence-electron chi connectivity index (χ3n) is 6.23. The maximum atomic E-state index is 13.6. The lowest BCUT2D eigenvalue weighted by Crippen LogP contribution is -2.22. The molecule has 6 aromatic rings. The third-order valence-corrected chi connectivity index (χ3v) is 7.17. The second kappa shape index (κ2) is 8.46. The molecule has 0 atom stereocenters. The minimum absolute atomic E-state index is 0.118. The van der Waals surface area contributed by atoms with Crippen LogP contribution in [0.25, 0.3) is 33.3 Å². The predicted molar refractivity (Wildman–Crippen MR) is 142 cm³/mol. The minimum atomic E-state index is -0.121. The lowest BCUT2D eigenvalue weighted by Gasteiger charge is -2.14. The molecule has 8 nitrogen and oxygen atoms in total. The quantitative estimate of drug-likeness (QED) is 0.270. The van der Waals surface area contributed by atoms with Crippen molar-refractivity contribution in [3.63, 3.8) is 0 Å². The summed E-state index contributed by atoms with van der Waals surface area (Å²) in [7, 11) is 1.69.